The Morgan fingerprint density at radius 1 is 1.14 bits per heavy atom. The standard InChI is InChI=1S/C15H19F3O3/c1-2-3-4-5-6-7-10-11(14(20)21)8-9-12(19)13(10)15(16,17)18/h8-9,19H,2-7H2,1H3,(H,20,21). The van der Waals surface area contributed by atoms with Gasteiger partial charge in [0.15, 0.2) is 0 Å². The molecule has 6 heteroatoms. The van der Waals surface area contributed by atoms with E-state index < -0.39 is 29.0 Å². The molecule has 0 unspecified atom stereocenters. The Morgan fingerprint density at radius 2 is 1.76 bits per heavy atom. The van der Waals surface area contributed by atoms with Gasteiger partial charge in [-0.15, -0.1) is 0 Å². The topological polar surface area (TPSA) is 57.5 Å². The molecular formula is C15H19F3O3. The zero-order valence-electron chi connectivity index (χ0n) is 11.8. The number of phenols is 1. The lowest BCUT2D eigenvalue weighted by Gasteiger charge is -2.16. The third kappa shape index (κ3) is 4.65. The third-order valence-corrected chi connectivity index (χ3v) is 3.34. The first-order valence-corrected chi connectivity index (χ1v) is 6.94. The van der Waals surface area contributed by atoms with Gasteiger partial charge >= 0.3 is 12.1 Å². The van der Waals surface area contributed by atoms with Gasteiger partial charge in [-0.2, -0.15) is 13.2 Å². The molecule has 0 atom stereocenters. The first kappa shape index (κ1) is 17.3. The molecule has 3 nitrogen and oxygen atoms in total. The average molecular weight is 304 g/mol. The van der Waals surface area contributed by atoms with Crippen LogP contribution in [0.1, 0.15) is 60.5 Å². The van der Waals surface area contributed by atoms with E-state index in [0.717, 1.165) is 37.8 Å². The molecule has 0 aromatic heterocycles. The molecule has 0 aliphatic heterocycles. The SMILES string of the molecule is CCCCCCCc1c(C(=O)O)ccc(O)c1C(F)(F)F. The predicted molar refractivity (Wildman–Crippen MR) is 72.5 cm³/mol. The molecule has 0 fully saturated rings. The van der Waals surface area contributed by atoms with Crippen LogP contribution in [0.2, 0.25) is 0 Å². The van der Waals surface area contributed by atoms with Crippen LogP contribution in [0, 0.1) is 0 Å². The molecule has 0 aliphatic rings. The molecule has 0 amide bonds. The van der Waals surface area contributed by atoms with Crippen molar-refractivity contribution in [2.45, 2.75) is 51.6 Å². The number of carbonyl (C=O) groups is 1. The van der Waals surface area contributed by atoms with E-state index >= 15 is 0 Å². The van der Waals surface area contributed by atoms with Gasteiger partial charge in [-0.1, -0.05) is 32.6 Å². The summed E-state index contributed by atoms with van der Waals surface area (Å²) in [6.07, 6.45) is -0.660. The first-order chi connectivity index (χ1) is 9.79. The van der Waals surface area contributed by atoms with E-state index in [-0.39, 0.29) is 12.0 Å². The zero-order chi connectivity index (χ0) is 16.0. The van der Waals surface area contributed by atoms with Gasteiger partial charge in [-0.3, -0.25) is 0 Å². The second-order valence-electron chi connectivity index (χ2n) is 4.95. The maximum Gasteiger partial charge on any atom is 0.420 e. The summed E-state index contributed by atoms with van der Waals surface area (Å²) in [6, 6.07) is 1.81. The lowest BCUT2D eigenvalue weighted by molar-refractivity contribution is -0.139. The van der Waals surface area contributed by atoms with Crippen LogP contribution in [0.4, 0.5) is 13.2 Å². The van der Waals surface area contributed by atoms with Crippen molar-refractivity contribution in [2.75, 3.05) is 0 Å². The number of benzene rings is 1. The van der Waals surface area contributed by atoms with Crippen LogP contribution in [0.5, 0.6) is 5.75 Å². The molecular weight excluding hydrogens is 285 g/mol. The summed E-state index contributed by atoms with van der Waals surface area (Å²) in [6.45, 7) is 2.03. The molecule has 118 valence electrons. The van der Waals surface area contributed by atoms with Gasteiger partial charge in [0.05, 0.1) is 5.56 Å². The van der Waals surface area contributed by atoms with Crippen molar-refractivity contribution in [3.63, 3.8) is 0 Å². The van der Waals surface area contributed by atoms with Crippen molar-refractivity contribution in [1.29, 1.82) is 0 Å². The number of hydrogen-bond acceptors (Lipinski definition) is 2. The molecule has 0 aliphatic carbocycles. The highest BCUT2D eigenvalue weighted by Gasteiger charge is 2.38. The number of halogens is 3. The fourth-order valence-corrected chi connectivity index (χ4v) is 2.32. The van der Waals surface area contributed by atoms with Crippen molar-refractivity contribution < 1.29 is 28.2 Å². The number of rotatable bonds is 7. The van der Waals surface area contributed by atoms with Crippen LogP contribution in [0.15, 0.2) is 12.1 Å². The number of alkyl halides is 3. The van der Waals surface area contributed by atoms with Crippen LogP contribution in [0.3, 0.4) is 0 Å². The lowest BCUT2D eigenvalue weighted by Crippen LogP contribution is -2.14. The van der Waals surface area contributed by atoms with E-state index in [2.05, 4.69) is 0 Å². The van der Waals surface area contributed by atoms with Crippen molar-refractivity contribution >= 4 is 5.97 Å². The van der Waals surface area contributed by atoms with Crippen LogP contribution < -0.4 is 0 Å². The minimum Gasteiger partial charge on any atom is -0.507 e. The zero-order valence-corrected chi connectivity index (χ0v) is 11.8. The van der Waals surface area contributed by atoms with Crippen LogP contribution in [0.25, 0.3) is 0 Å². The molecule has 21 heavy (non-hydrogen) atoms. The molecule has 2 N–H and O–H groups in total. The molecule has 0 radical (unpaired) electrons. The summed E-state index contributed by atoms with van der Waals surface area (Å²) in [5.41, 5.74) is -1.94. The van der Waals surface area contributed by atoms with Crippen molar-refractivity contribution in [2.24, 2.45) is 0 Å². The molecule has 0 saturated heterocycles. The number of unbranched alkanes of at least 4 members (excludes halogenated alkanes) is 4. The van der Waals surface area contributed by atoms with Crippen LogP contribution in [-0.2, 0) is 12.6 Å². The summed E-state index contributed by atoms with van der Waals surface area (Å²) < 4.78 is 39.1. The summed E-state index contributed by atoms with van der Waals surface area (Å²) in [7, 11) is 0. The number of aromatic carboxylic acids is 1. The second-order valence-corrected chi connectivity index (χ2v) is 4.95. The molecule has 0 saturated carbocycles. The fraction of sp³-hybridized carbons (Fsp3) is 0.533. The molecule has 1 rings (SSSR count). The highest BCUT2D eigenvalue weighted by molar-refractivity contribution is 5.90. The molecule has 0 bridgehead atoms. The monoisotopic (exact) mass is 304 g/mol. The van der Waals surface area contributed by atoms with Gasteiger partial charge in [0, 0.05) is 0 Å². The Balaban J connectivity index is 3.07. The predicted octanol–water partition coefficient (Wildman–Crippen LogP) is 4.62. The summed E-state index contributed by atoms with van der Waals surface area (Å²) >= 11 is 0. The Labute approximate surface area is 121 Å². The van der Waals surface area contributed by atoms with Gasteiger partial charge in [-0.25, -0.2) is 4.79 Å². The van der Waals surface area contributed by atoms with Crippen LogP contribution in [-0.4, -0.2) is 16.2 Å². The number of aromatic hydroxyl groups is 1. The number of carboxylic acids is 1. The highest BCUT2D eigenvalue weighted by Crippen LogP contribution is 2.40. The quantitative estimate of drug-likeness (QED) is 0.722. The van der Waals surface area contributed by atoms with Crippen molar-refractivity contribution in [3.05, 3.63) is 28.8 Å². The minimum absolute atomic E-state index is 0.00537. The first-order valence-electron chi connectivity index (χ1n) is 6.94. The molecule has 0 heterocycles. The van der Waals surface area contributed by atoms with E-state index in [0.29, 0.717) is 6.42 Å². The number of phenolic OH excluding ortho intramolecular Hbond substituents is 1. The third-order valence-electron chi connectivity index (χ3n) is 3.34. The normalized spacial score (nSPS) is 11.6. The maximum absolute atomic E-state index is 13.0. The minimum atomic E-state index is -4.77. The van der Waals surface area contributed by atoms with Gasteiger partial charge < -0.3 is 10.2 Å². The second kappa shape index (κ2) is 7.33. The Bertz CT molecular complexity index is 496. The Kier molecular flexibility index (Phi) is 6.05. The van der Waals surface area contributed by atoms with Crippen molar-refractivity contribution in [3.8, 4) is 5.75 Å². The average Bonchev–Trinajstić information content (AvgIpc) is 2.36. The van der Waals surface area contributed by atoms with E-state index in [1.807, 2.05) is 6.92 Å². The highest BCUT2D eigenvalue weighted by atomic mass is 19.4. The Morgan fingerprint density at radius 3 is 2.29 bits per heavy atom. The van der Waals surface area contributed by atoms with Crippen LogP contribution >= 0.6 is 0 Å². The van der Waals surface area contributed by atoms with Gasteiger partial charge in [0.25, 0.3) is 0 Å². The summed E-state index contributed by atoms with van der Waals surface area (Å²) in [4.78, 5) is 11.1. The number of hydrogen-bond donors (Lipinski definition) is 2. The summed E-state index contributed by atoms with van der Waals surface area (Å²) in [5.74, 6) is -2.33. The van der Waals surface area contributed by atoms with E-state index in [9.17, 15) is 23.1 Å². The Hall–Kier alpha value is -1.72. The van der Waals surface area contributed by atoms with Gasteiger partial charge in [-0.05, 0) is 30.5 Å². The molecule has 1 aromatic carbocycles. The van der Waals surface area contributed by atoms with Gasteiger partial charge in [0.1, 0.15) is 11.3 Å². The lowest BCUT2D eigenvalue weighted by atomic mass is 9.94. The smallest absolute Gasteiger partial charge is 0.420 e. The summed E-state index contributed by atoms with van der Waals surface area (Å²) in [5, 5.41) is 18.5. The van der Waals surface area contributed by atoms with E-state index in [4.69, 9.17) is 5.11 Å². The fourth-order valence-electron chi connectivity index (χ4n) is 2.32. The maximum atomic E-state index is 13.0. The van der Waals surface area contributed by atoms with Crippen molar-refractivity contribution in [1.82, 2.24) is 0 Å². The molecule has 0 spiro atoms. The van der Waals surface area contributed by atoms with E-state index in [1.165, 1.54) is 0 Å². The molecule has 1 aromatic rings. The largest absolute Gasteiger partial charge is 0.507 e. The van der Waals surface area contributed by atoms with Gasteiger partial charge in [0.2, 0.25) is 0 Å². The number of carboxylic acid groups (broad SMARTS) is 1. The van der Waals surface area contributed by atoms with E-state index in [1.54, 1.807) is 0 Å².